The Labute approximate surface area is 84.5 Å². The van der Waals surface area contributed by atoms with Gasteiger partial charge in [-0.3, -0.25) is 0 Å². The van der Waals surface area contributed by atoms with E-state index in [1.165, 1.54) is 5.56 Å². The normalized spacial score (nSPS) is 15.2. The first-order valence-electron chi connectivity index (χ1n) is 4.93. The Hall–Kier alpha value is -1.38. The van der Waals surface area contributed by atoms with Gasteiger partial charge in [0.2, 0.25) is 0 Å². The lowest BCUT2D eigenvalue weighted by Crippen LogP contribution is -2.14. The molecule has 0 saturated heterocycles. The van der Waals surface area contributed by atoms with Crippen molar-refractivity contribution in [1.82, 2.24) is 9.97 Å². The van der Waals surface area contributed by atoms with E-state index in [0.29, 0.717) is 0 Å². The summed E-state index contributed by atoms with van der Waals surface area (Å²) in [6, 6.07) is 0. The van der Waals surface area contributed by atoms with E-state index in [1.807, 2.05) is 19.9 Å². The van der Waals surface area contributed by atoms with Crippen LogP contribution in [0.15, 0.2) is 6.08 Å². The summed E-state index contributed by atoms with van der Waals surface area (Å²) in [6.45, 7) is 5.01. The van der Waals surface area contributed by atoms with Crippen LogP contribution in [0.5, 0.6) is 0 Å². The van der Waals surface area contributed by atoms with E-state index in [4.69, 9.17) is 0 Å². The first-order chi connectivity index (χ1) is 6.72. The topological polar surface area (TPSA) is 29.0 Å². The van der Waals surface area contributed by atoms with Crippen LogP contribution >= 0.6 is 0 Å². The van der Waals surface area contributed by atoms with Crippen LogP contribution in [0.3, 0.4) is 0 Å². The molecule has 0 amide bonds. The van der Waals surface area contributed by atoms with E-state index in [2.05, 4.69) is 28.0 Å². The number of rotatable bonds is 1. The molecule has 0 spiro atoms. The predicted octanol–water partition coefficient (Wildman–Crippen LogP) is 1.81. The molecule has 2 heterocycles. The van der Waals surface area contributed by atoms with Crippen LogP contribution in [0.4, 0.5) is 5.82 Å². The first-order valence-corrected chi connectivity index (χ1v) is 4.93. The summed E-state index contributed by atoms with van der Waals surface area (Å²) in [6.07, 6.45) is 5.15. The Morgan fingerprint density at radius 2 is 2.14 bits per heavy atom. The lowest BCUT2D eigenvalue weighted by atomic mass is 10.1. The van der Waals surface area contributed by atoms with Crippen LogP contribution in [0.2, 0.25) is 0 Å². The molecule has 0 aliphatic carbocycles. The first kappa shape index (κ1) is 9.19. The number of hydrogen-bond donors (Lipinski definition) is 0. The summed E-state index contributed by atoms with van der Waals surface area (Å²) in [5.74, 6) is 1.95. The smallest absolute Gasteiger partial charge is 0.135 e. The van der Waals surface area contributed by atoms with Gasteiger partial charge < -0.3 is 4.90 Å². The predicted molar refractivity (Wildman–Crippen MR) is 58.5 cm³/mol. The Kier molecular flexibility index (Phi) is 2.23. The molecule has 1 aromatic heterocycles. The van der Waals surface area contributed by atoms with E-state index >= 15 is 0 Å². The fourth-order valence-electron chi connectivity index (χ4n) is 1.84. The minimum absolute atomic E-state index is 0.852. The van der Waals surface area contributed by atoms with Gasteiger partial charge in [-0.1, -0.05) is 6.08 Å². The molecule has 3 heteroatoms. The maximum Gasteiger partial charge on any atom is 0.135 e. The minimum atomic E-state index is 0.852. The Balaban J connectivity index is 2.57. The number of fused-ring (bicyclic) bond motifs is 1. The molecule has 0 saturated carbocycles. The van der Waals surface area contributed by atoms with E-state index in [9.17, 15) is 0 Å². The van der Waals surface area contributed by atoms with Gasteiger partial charge in [0.25, 0.3) is 0 Å². The summed E-state index contributed by atoms with van der Waals surface area (Å²) in [5.41, 5.74) is 2.37. The molecule has 74 valence electrons. The highest BCUT2D eigenvalue weighted by molar-refractivity contribution is 5.61. The molecule has 0 bridgehead atoms. The van der Waals surface area contributed by atoms with Gasteiger partial charge in [-0.05, 0) is 26.3 Å². The number of aryl methyl sites for hydroxylation is 1. The average Bonchev–Trinajstić information content (AvgIpc) is 2.49. The molecule has 0 aromatic carbocycles. The molecular weight excluding hydrogens is 174 g/mol. The lowest BCUT2D eigenvalue weighted by Gasteiger charge is -2.11. The quantitative estimate of drug-likeness (QED) is 0.674. The second-order valence-electron chi connectivity index (χ2n) is 3.63. The molecule has 0 fully saturated rings. The zero-order chi connectivity index (χ0) is 10.1. The van der Waals surface area contributed by atoms with Crippen molar-refractivity contribution in [1.29, 1.82) is 0 Å². The Morgan fingerprint density at radius 1 is 1.36 bits per heavy atom. The zero-order valence-electron chi connectivity index (χ0n) is 8.91. The van der Waals surface area contributed by atoms with Crippen LogP contribution < -0.4 is 4.90 Å². The van der Waals surface area contributed by atoms with Gasteiger partial charge in [-0.15, -0.1) is 0 Å². The summed E-state index contributed by atoms with van der Waals surface area (Å²) < 4.78 is 0. The molecule has 14 heavy (non-hydrogen) atoms. The van der Waals surface area contributed by atoms with Crippen molar-refractivity contribution in [3.8, 4) is 0 Å². The number of anilines is 1. The van der Waals surface area contributed by atoms with Gasteiger partial charge in [-0.25, -0.2) is 9.97 Å². The van der Waals surface area contributed by atoms with E-state index in [0.717, 1.165) is 30.3 Å². The van der Waals surface area contributed by atoms with Crippen molar-refractivity contribution in [2.45, 2.75) is 20.3 Å². The molecule has 2 rings (SSSR count). The monoisotopic (exact) mass is 189 g/mol. The van der Waals surface area contributed by atoms with Crippen LogP contribution in [0.25, 0.3) is 6.08 Å². The van der Waals surface area contributed by atoms with Gasteiger partial charge in [0, 0.05) is 19.2 Å². The van der Waals surface area contributed by atoms with Crippen LogP contribution in [0.1, 0.15) is 24.0 Å². The fraction of sp³-hybridized carbons (Fsp3) is 0.455. The third-order valence-corrected chi connectivity index (χ3v) is 2.51. The maximum absolute atomic E-state index is 4.46. The maximum atomic E-state index is 4.46. The van der Waals surface area contributed by atoms with Crippen molar-refractivity contribution in [2.75, 3.05) is 18.5 Å². The molecule has 0 atom stereocenters. The fourth-order valence-corrected chi connectivity index (χ4v) is 1.84. The highest BCUT2D eigenvalue weighted by atomic mass is 15.2. The molecule has 1 aliphatic heterocycles. The van der Waals surface area contributed by atoms with Crippen LogP contribution in [-0.2, 0) is 6.42 Å². The lowest BCUT2D eigenvalue weighted by molar-refractivity contribution is 0.941. The zero-order valence-corrected chi connectivity index (χ0v) is 8.91. The summed E-state index contributed by atoms with van der Waals surface area (Å²) in [4.78, 5) is 11.1. The van der Waals surface area contributed by atoms with Crippen molar-refractivity contribution < 1.29 is 0 Å². The third kappa shape index (κ3) is 1.39. The molecule has 0 radical (unpaired) electrons. The van der Waals surface area contributed by atoms with Gasteiger partial charge in [-0.2, -0.15) is 0 Å². The van der Waals surface area contributed by atoms with Gasteiger partial charge in [0.05, 0.1) is 5.69 Å². The van der Waals surface area contributed by atoms with Gasteiger partial charge >= 0.3 is 0 Å². The summed E-state index contributed by atoms with van der Waals surface area (Å²) in [7, 11) is 2.08. The largest absolute Gasteiger partial charge is 0.359 e. The van der Waals surface area contributed by atoms with E-state index < -0.39 is 0 Å². The highest BCUT2D eigenvalue weighted by Crippen LogP contribution is 2.27. The molecular formula is C11H15N3. The average molecular weight is 189 g/mol. The van der Waals surface area contributed by atoms with Crippen molar-refractivity contribution >= 4 is 11.9 Å². The van der Waals surface area contributed by atoms with Crippen LogP contribution in [0, 0.1) is 6.92 Å². The van der Waals surface area contributed by atoms with E-state index in [-0.39, 0.29) is 0 Å². The standard InChI is InChI=1S/C11H15N3/c1-4-5-10-9-6-7-14(3)11(9)13-8(2)12-10/h4-5H,6-7H2,1-3H3. The molecule has 0 N–H and O–H groups in total. The molecule has 1 aromatic rings. The third-order valence-electron chi connectivity index (χ3n) is 2.51. The summed E-state index contributed by atoms with van der Waals surface area (Å²) in [5, 5.41) is 0. The number of aromatic nitrogens is 2. The van der Waals surface area contributed by atoms with Gasteiger partial charge in [0.15, 0.2) is 0 Å². The van der Waals surface area contributed by atoms with Crippen molar-refractivity contribution in [3.05, 3.63) is 23.2 Å². The Morgan fingerprint density at radius 3 is 2.86 bits per heavy atom. The molecule has 3 nitrogen and oxygen atoms in total. The second kappa shape index (κ2) is 3.40. The molecule has 1 aliphatic rings. The highest BCUT2D eigenvalue weighted by Gasteiger charge is 2.20. The van der Waals surface area contributed by atoms with E-state index in [1.54, 1.807) is 0 Å². The van der Waals surface area contributed by atoms with Crippen molar-refractivity contribution in [2.24, 2.45) is 0 Å². The second-order valence-corrected chi connectivity index (χ2v) is 3.63. The van der Waals surface area contributed by atoms with Crippen LogP contribution in [-0.4, -0.2) is 23.6 Å². The number of nitrogens with zero attached hydrogens (tertiary/aromatic N) is 3. The van der Waals surface area contributed by atoms with Crippen molar-refractivity contribution in [3.63, 3.8) is 0 Å². The summed E-state index contributed by atoms with van der Waals surface area (Å²) >= 11 is 0. The Bertz CT molecular complexity index is 382. The SMILES string of the molecule is CC=Cc1nc(C)nc2c1CCN2C. The number of likely N-dealkylation sites (N-methyl/N-ethyl adjacent to an activating group) is 1. The minimum Gasteiger partial charge on any atom is -0.359 e. The number of allylic oxidation sites excluding steroid dienone is 1. The molecule has 0 unspecified atom stereocenters. The number of hydrogen-bond acceptors (Lipinski definition) is 3. The van der Waals surface area contributed by atoms with Gasteiger partial charge in [0.1, 0.15) is 11.6 Å².